The van der Waals surface area contributed by atoms with Gasteiger partial charge in [0.1, 0.15) is 5.82 Å². The van der Waals surface area contributed by atoms with Crippen LogP contribution >= 0.6 is 0 Å². The van der Waals surface area contributed by atoms with Crippen molar-refractivity contribution in [2.24, 2.45) is 0 Å². The summed E-state index contributed by atoms with van der Waals surface area (Å²) in [7, 11) is -3.69. The molecule has 2 unspecified atom stereocenters. The third kappa shape index (κ3) is 6.37. The molecule has 2 aromatic carbocycles. The monoisotopic (exact) mass is 422 g/mol. The van der Waals surface area contributed by atoms with E-state index in [1.807, 2.05) is 6.92 Å². The second-order valence-electron chi connectivity index (χ2n) is 6.50. The number of rotatable bonds is 8. The molecule has 2 aromatic rings. The molecule has 0 saturated heterocycles. The van der Waals surface area contributed by atoms with Crippen molar-refractivity contribution in [3.63, 3.8) is 0 Å². The van der Waals surface area contributed by atoms with Gasteiger partial charge in [-0.2, -0.15) is 0 Å². The lowest BCUT2D eigenvalue weighted by molar-refractivity contribution is -0.123. The molecule has 0 radical (unpaired) electrons. The highest BCUT2D eigenvalue weighted by Crippen LogP contribution is 2.14. The van der Waals surface area contributed by atoms with Crippen molar-refractivity contribution < 1.29 is 27.1 Å². The van der Waals surface area contributed by atoms with E-state index in [2.05, 4.69) is 10.0 Å². The van der Waals surface area contributed by atoms with Gasteiger partial charge in [0.2, 0.25) is 10.0 Å². The van der Waals surface area contributed by atoms with Crippen LogP contribution in [0.4, 0.5) is 10.1 Å². The first kappa shape index (κ1) is 22.5. The van der Waals surface area contributed by atoms with Gasteiger partial charge in [-0.15, -0.1) is 0 Å². The van der Waals surface area contributed by atoms with E-state index in [9.17, 15) is 22.4 Å². The fourth-order valence-electron chi connectivity index (χ4n) is 2.28. The van der Waals surface area contributed by atoms with Crippen LogP contribution in [-0.2, 0) is 19.6 Å². The van der Waals surface area contributed by atoms with E-state index in [1.54, 1.807) is 6.92 Å². The van der Waals surface area contributed by atoms with Gasteiger partial charge in [0.25, 0.3) is 5.91 Å². The first-order valence-corrected chi connectivity index (χ1v) is 10.5. The molecule has 7 nitrogen and oxygen atoms in total. The summed E-state index contributed by atoms with van der Waals surface area (Å²) in [6, 6.07) is 10.3. The van der Waals surface area contributed by atoms with Gasteiger partial charge < -0.3 is 10.1 Å². The van der Waals surface area contributed by atoms with Crippen LogP contribution in [-0.4, -0.2) is 32.4 Å². The number of esters is 1. The van der Waals surface area contributed by atoms with Crippen molar-refractivity contribution in [1.29, 1.82) is 0 Å². The van der Waals surface area contributed by atoms with Gasteiger partial charge in [0.05, 0.1) is 10.5 Å². The summed E-state index contributed by atoms with van der Waals surface area (Å²) in [6.45, 7) is 4.98. The van der Waals surface area contributed by atoms with Crippen LogP contribution in [0.2, 0.25) is 0 Å². The minimum absolute atomic E-state index is 0.0197. The van der Waals surface area contributed by atoms with Crippen LogP contribution in [0.5, 0.6) is 0 Å². The lowest BCUT2D eigenvalue weighted by Gasteiger charge is -2.14. The number of hydrogen-bond donors (Lipinski definition) is 2. The Hall–Kier alpha value is -2.78. The maximum absolute atomic E-state index is 13.2. The molecule has 0 saturated carbocycles. The molecule has 1 amide bonds. The first-order valence-electron chi connectivity index (χ1n) is 9.02. The number of carbonyl (C=O) groups excluding carboxylic acids is 2. The average molecular weight is 422 g/mol. The van der Waals surface area contributed by atoms with Crippen LogP contribution in [0.1, 0.15) is 37.6 Å². The number of amides is 1. The third-order valence-electron chi connectivity index (χ3n) is 4.11. The summed E-state index contributed by atoms with van der Waals surface area (Å²) in [4.78, 5) is 24.4. The Morgan fingerprint density at radius 3 is 2.34 bits per heavy atom. The average Bonchev–Trinajstić information content (AvgIpc) is 2.67. The Bertz CT molecular complexity index is 977. The summed E-state index contributed by atoms with van der Waals surface area (Å²) in [6.07, 6.45) is -0.500. The maximum atomic E-state index is 13.2. The van der Waals surface area contributed by atoms with E-state index >= 15 is 0 Å². The molecule has 0 aliphatic carbocycles. The molecular weight excluding hydrogens is 399 g/mol. The normalized spacial score (nSPS) is 13.4. The largest absolute Gasteiger partial charge is 0.449 e. The summed E-state index contributed by atoms with van der Waals surface area (Å²) in [5.41, 5.74) is 0.333. The van der Waals surface area contributed by atoms with Gasteiger partial charge in [-0.05, 0) is 62.7 Å². The van der Waals surface area contributed by atoms with E-state index < -0.39 is 33.8 Å². The summed E-state index contributed by atoms with van der Waals surface area (Å²) in [5, 5.41) is 2.45. The molecule has 0 spiro atoms. The van der Waals surface area contributed by atoms with E-state index in [4.69, 9.17) is 4.74 Å². The van der Waals surface area contributed by atoms with Gasteiger partial charge in [-0.1, -0.05) is 13.0 Å². The number of halogens is 1. The second kappa shape index (κ2) is 9.62. The van der Waals surface area contributed by atoms with Crippen LogP contribution in [0.25, 0.3) is 0 Å². The fraction of sp³-hybridized carbons (Fsp3) is 0.300. The quantitative estimate of drug-likeness (QED) is 0.637. The smallest absolute Gasteiger partial charge is 0.338 e. The highest BCUT2D eigenvalue weighted by molar-refractivity contribution is 7.89. The summed E-state index contributed by atoms with van der Waals surface area (Å²) >= 11 is 0. The van der Waals surface area contributed by atoms with Crippen molar-refractivity contribution in [2.75, 3.05) is 5.32 Å². The van der Waals surface area contributed by atoms with Crippen LogP contribution in [0.15, 0.2) is 53.4 Å². The first-order chi connectivity index (χ1) is 13.6. The SMILES string of the molecule is CCC(C)NS(=O)(=O)c1ccc(C(=O)OC(C)C(=O)Nc2cccc(F)c2)cc1. The van der Waals surface area contributed by atoms with Gasteiger partial charge >= 0.3 is 5.97 Å². The molecule has 0 aromatic heterocycles. The maximum Gasteiger partial charge on any atom is 0.338 e. The van der Waals surface area contributed by atoms with E-state index in [0.29, 0.717) is 6.42 Å². The fourth-order valence-corrected chi connectivity index (χ4v) is 3.61. The highest BCUT2D eigenvalue weighted by Gasteiger charge is 2.21. The van der Waals surface area contributed by atoms with Crippen molar-refractivity contribution >= 4 is 27.6 Å². The minimum atomic E-state index is -3.69. The molecule has 2 atom stereocenters. The Morgan fingerprint density at radius 1 is 1.10 bits per heavy atom. The van der Waals surface area contributed by atoms with Crippen LogP contribution in [0.3, 0.4) is 0 Å². The zero-order valence-electron chi connectivity index (χ0n) is 16.3. The van der Waals surface area contributed by atoms with E-state index in [-0.39, 0.29) is 22.2 Å². The molecule has 156 valence electrons. The van der Waals surface area contributed by atoms with Crippen LogP contribution in [0, 0.1) is 5.82 Å². The molecule has 2 N–H and O–H groups in total. The van der Waals surface area contributed by atoms with Crippen LogP contribution < -0.4 is 10.0 Å². The van der Waals surface area contributed by atoms with Gasteiger partial charge in [0, 0.05) is 11.7 Å². The predicted molar refractivity (Wildman–Crippen MR) is 106 cm³/mol. The van der Waals surface area contributed by atoms with Crippen molar-refractivity contribution in [1.82, 2.24) is 4.72 Å². The summed E-state index contributed by atoms with van der Waals surface area (Å²) in [5.74, 6) is -1.92. The molecule has 0 aliphatic rings. The number of anilines is 1. The molecular formula is C20H23FN2O5S. The van der Waals surface area contributed by atoms with Gasteiger partial charge in [-0.25, -0.2) is 22.3 Å². The second-order valence-corrected chi connectivity index (χ2v) is 8.22. The molecule has 2 rings (SSSR count). The summed E-state index contributed by atoms with van der Waals surface area (Å²) < 4.78 is 45.3. The standard InChI is InChI=1S/C20H23FN2O5S/c1-4-13(2)23-29(26,27)18-10-8-15(9-11-18)20(25)28-14(3)19(24)22-17-7-5-6-16(21)12-17/h5-14,23H,4H2,1-3H3,(H,22,24). The lowest BCUT2D eigenvalue weighted by Crippen LogP contribution is -2.32. The Balaban J connectivity index is 2.00. The van der Waals surface area contributed by atoms with Crippen molar-refractivity contribution in [3.05, 3.63) is 59.9 Å². The number of ether oxygens (including phenoxy) is 1. The number of sulfonamides is 1. The number of hydrogen-bond acceptors (Lipinski definition) is 5. The van der Waals surface area contributed by atoms with Crippen molar-refractivity contribution in [2.45, 2.75) is 44.2 Å². The Labute approximate surface area is 169 Å². The Kier molecular flexibility index (Phi) is 7.46. The molecule has 0 aliphatic heterocycles. The number of carbonyl (C=O) groups is 2. The molecule has 0 bridgehead atoms. The minimum Gasteiger partial charge on any atom is -0.449 e. The van der Waals surface area contributed by atoms with Gasteiger partial charge in [-0.3, -0.25) is 4.79 Å². The third-order valence-corrected chi connectivity index (χ3v) is 5.72. The highest BCUT2D eigenvalue weighted by atomic mass is 32.2. The zero-order valence-corrected chi connectivity index (χ0v) is 17.1. The molecule has 9 heteroatoms. The van der Waals surface area contributed by atoms with Gasteiger partial charge in [0.15, 0.2) is 6.10 Å². The lowest BCUT2D eigenvalue weighted by atomic mass is 10.2. The van der Waals surface area contributed by atoms with E-state index in [1.165, 1.54) is 49.4 Å². The van der Waals surface area contributed by atoms with Crippen molar-refractivity contribution in [3.8, 4) is 0 Å². The van der Waals surface area contributed by atoms with E-state index in [0.717, 1.165) is 6.07 Å². The molecule has 29 heavy (non-hydrogen) atoms. The Morgan fingerprint density at radius 2 is 1.76 bits per heavy atom. The number of benzene rings is 2. The molecule has 0 fully saturated rings. The molecule has 0 heterocycles. The zero-order chi connectivity index (χ0) is 21.6. The predicted octanol–water partition coefficient (Wildman–Crippen LogP) is 3.09. The number of nitrogens with one attached hydrogen (secondary N) is 2. The topological polar surface area (TPSA) is 102 Å².